The third-order valence-corrected chi connectivity index (χ3v) is 1.55. The molecule has 3 heteroatoms. The average Bonchev–Trinajstić information content (AvgIpc) is 2.05. The van der Waals surface area contributed by atoms with Crippen LogP contribution < -0.4 is 0 Å². The maximum absolute atomic E-state index is 10.5. The van der Waals surface area contributed by atoms with Gasteiger partial charge in [-0.25, -0.2) is 0 Å². The predicted molar refractivity (Wildman–Crippen MR) is 40.3 cm³/mol. The molecule has 1 aromatic heterocycles. The van der Waals surface area contributed by atoms with Crippen molar-refractivity contribution < 1.29 is 9.90 Å². The molecule has 0 radical (unpaired) electrons. The molecule has 0 saturated carbocycles. The van der Waals surface area contributed by atoms with E-state index in [4.69, 9.17) is 5.11 Å². The van der Waals surface area contributed by atoms with Gasteiger partial charge in [0, 0.05) is 12.4 Å². The highest BCUT2D eigenvalue weighted by Crippen LogP contribution is 2.12. The van der Waals surface area contributed by atoms with Gasteiger partial charge in [-0.3, -0.25) is 9.78 Å². The quantitative estimate of drug-likeness (QED) is 0.692. The van der Waals surface area contributed by atoms with Crippen LogP contribution in [-0.4, -0.2) is 16.1 Å². The van der Waals surface area contributed by atoms with E-state index in [0.29, 0.717) is 0 Å². The molecule has 0 aliphatic heterocycles. The lowest BCUT2D eigenvalue weighted by molar-refractivity contribution is -0.138. The van der Waals surface area contributed by atoms with Crippen molar-refractivity contribution in [2.45, 2.75) is 12.8 Å². The van der Waals surface area contributed by atoms with Crippen LogP contribution in [0, 0.1) is 0 Å². The molecule has 0 bridgehead atoms. The number of carboxylic acid groups (broad SMARTS) is 1. The normalized spacial score (nSPS) is 12.5. The van der Waals surface area contributed by atoms with Crippen LogP contribution >= 0.6 is 0 Å². The summed E-state index contributed by atoms with van der Waals surface area (Å²) in [5.41, 5.74) is 0.736. The number of nitrogens with zero attached hydrogens (tertiary/aromatic N) is 1. The molecule has 0 saturated heterocycles. The maximum atomic E-state index is 10.5. The minimum Gasteiger partial charge on any atom is -0.481 e. The van der Waals surface area contributed by atoms with E-state index in [9.17, 15) is 4.79 Å². The minimum atomic E-state index is -0.821. The van der Waals surface area contributed by atoms with Crippen molar-refractivity contribution in [1.29, 1.82) is 0 Å². The number of aliphatic carboxylic acids is 1. The Bertz CT molecular complexity index is 246. The second-order valence-electron chi connectivity index (χ2n) is 2.35. The fourth-order valence-electron chi connectivity index (χ4n) is 0.775. The van der Waals surface area contributed by atoms with Gasteiger partial charge in [0.1, 0.15) is 0 Å². The largest absolute Gasteiger partial charge is 0.481 e. The first-order chi connectivity index (χ1) is 5.22. The van der Waals surface area contributed by atoms with Crippen molar-refractivity contribution in [2.24, 2.45) is 0 Å². The van der Waals surface area contributed by atoms with E-state index in [1.807, 2.05) is 0 Å². The van der Waals surface area contributed by atoms with Gasteiger partial charge in [-0.1, -0.05) is 6.07 Å². The van der Waals surface area contributed by atoms with E-state index in [0.717, 1.165) is 5.56 Å². The Morgan fingerprint density at radius 3 is 2.91 bits per heavy atom. The summed E-state index contributed by atoms with van der Waals surface area (Å²) in [5.74, 6) is -1.29. The van der Waals surface area contributed by atoms with Gasteiger partial charge >= 0.3 is 5.97 Å². The summed E-state index contributed by atoms with van der Waals surface area (Å²) in [6.07, 6.45) is 3.19. The zero-order valence-corrected chi connectivity index (χ0v) is 6.19. The summed E-state index contributed by atoms with van der Waals surface area (Å²) >= 11 is 0. The van der Waals surface area contributed by atoms with Gasteiger partial charge in [0.15, 0.2) is 0 Å². The van der Waals surface area contributed by atoms with Crippen molar-refractivity contribution in [1.82, 2.24) is 4.98 Å². The Balaban J connectivity index is 2.85. The smallest absolute Gasteiger partial charge is 0.310 e. The summed E-state index contributed by atoms with van der Waals surface area (Å²) in [4.78, 5) is 14.3. The molecule has 58 valence electrons. The molecule has 3 nitrogen and oxygen atoms in total. The highest BCUT2D eigenvalue weighted by molar-refractivity contribution is 5.75. The van der Waals surface area contributed by atoms with Crippen LogP contribution in [-0.2, 0) is 4.79 Å². The van der Waals surface area contributed by atoms with E-state index in [-0.39, 0.29) is 0 Å². The van der Waals surface area contributed by atoms with Gasteiger partial charge in [0.2, 0.25) is 0 Å². The highest BCUT2D eigenvalue weighted by Gasteiger charge is 2.12. The molecule has 0 spiro atoms. The molecule has 11 heavy (non-hydrogen) atoms. The Morgan fingerprint density at radius 2 is 2.45 bits per heavy atom. The highest BCUT2D eigenvalue weighted by atomic mass is 16.4. The molecule has 0 aromatic carbocycles. The van der Waals surface area contributed by atoms with E-state index in [1.165, 1.54) is 0 Å². The summed E-state index contributed by atoms with van der Waals surface area (Å²) in [6, 6.07) is 3.49. The summed E-state index contributed by atoms with van der Waals surface area (Å²) < 4.78 is 0. The number of rotatable bonds is 2. The van der Waals surface area contributed by atoms with Gasteiger partial charge in [0.05, 0.1) is 5.92 Å². The molecule has 0 fully saturated rings. The fraction of sp³-hybridized carbons (Fsp3) is 0.250. The van der Waals surface area contributed by atoms with Crippen molar-refractivity contribution in [3.8, 4) is 0 Å². The fourth-order valence-corrected chi connectivity index (χ4v) is 0.775. The molecule has 1 atom stereocenters. The molecule has 0 aliphatic rings. The van der Waals surface area contributed by atoms with E-state index in [1.54, 1.807) is 31.5 Å². The number of hydrogen-bond acceptors (Lipinski definition) is 2. The van der Waals surface area contributed by atoms with Gasteiger partial charge in [0.25, 0.3) is 0 Å². The topological polar surface area (TPSA) is 50.2 Å². The van der Waals surface area contributed by atoms with Crippen LogP contribution in [0.25, 0.3) is 0 Å². The Labute approximate surface area is 64.7 Å². The Kier molecular flexibility index (Phi) is 2.21. The summed E-state index contributed by atoms with van der Waals surface area (Å²) in [7, 11) is 0. The summed E-state index contributed by atoms with van der Waals surface area (Å²) in [5, 5.41) is 8.61. The van der Waals surface area contributed by atoms with Crippen LogP contribution in [0.1, 0.15) is 18.4 Å². The van der Waals surface area contributed by atoms with E-state index >= 15 is 0 Å². The first-order valence-corrected chi connectivity index (χ1v) is 3.34. The molecular weight excluding hydrogens is 142 g/mol. The molecule has 1 N–H and O–H groups in total. The zero-order valence-electron chi connectivity index (χ0n) is 6.19. The van der Waals surface area contributed by atoms with Crippen molar-refractivity contribution in [3.63, 3.8) is 0 Å². The average molecular weight is 151 g/mol. The zero-order chi connectivity index (χ0) is 8.27. The SMILES string of the molecule is C[C@@H](C(=O)O)c1cccnc1. The third-order valence-electron chi connectivity index (χ3n) is 1.55. The van der Waals surface area contributed by atoms with E-state index in [2.05, 4.69) is 4.98 Å². The second kappa shape index (κ2) is 3.14. The molecule has 0 unspecified atom stereocenters. The van der Waals surface area contributed by atoms with Gasteiger partial charge < -0.3 is 5.11 Å². The van der Waals surface area contributed by atoms with Crippen LogP contribution in [0.4, 0.5) is 0 Å². The van der Waals surface area contributed by atoms with Gasteiger partial charge in [-0.2, -0.15) is 0 Å². The van der Waals surface area contributed by atoms with Crippen LogP contribution in [0.15, 0.2) is 24.5 Å². The van der Waals surface area contributed by atoms with Crippen molar-refractivity contribution in [3.05, 3.63) is 30.1 Å². The number of carboxylic acids is 1. The molecular formula is C8H9NO2. The summed E-state index contributed by atoms with van der Waals surface area (Å²) in [6.45, 7) is 1.64. The van der Waals surface area contributed by atoms with Crippen LogP contribution in [0.2, 0.25) is 0 Å². The molecule has 0 aliphatic carbocycles. The number of pyridine rings is 1. The number of aromatic nitrogens is 1. The lowest BCUT2D eigenvalue weighted by atomic mass is 10.0. The maximum Gasteiger partial charge on any atom is 0.310 e. The molecule has 1 aromatic rings. The first-order valence-electron chi connectivity index (χ1n) is 3.34. The second-order valence-corrected chi connectivity index (χ2v) is 2.35. The lowest BCUT2D eigenvalue weighted by Gasteiger charge is -2.03. The monoisotopic (exact) mass is 151 g/mol. The lowest BCUT2D eigenvalue weighted by Crippen LogP contribution is -2.07. The molecule has 0 amide bonds. The molecule has 1 rings (SSSR count). The van der Waals surface area contributed by atoms with Crippen molar-refractivity contribution in [2.75, 3.05) is 0 Å². The van der Waals surface area contributed by atoms with Crippen LogP contribution in [0.3, 0.4) is 0 Å². The van der Waals surface area contributed by atoms with E-state index < -0.39 is 11.9 Å². The third kappa shape index (κ3) is 1.77. The number of carbonyl (C=O) groups is 1. The van der Waals surface area contributed by atoms with Gasteiger partial charge in [-0.05, 0) is 18.6 Å². The Hall–Kier alpha value is -1.38. The predicted octanol–water partition coefficient (Wildman–Crippen LogP) is 1.27. The van der Waals surface area contributed by atoms with Crippen molar-refractivity contribution >= 4 is 5.97 Å². The van der Waals surface area contributed by atoms with Gasteiger partial charge in [-0.15, -0.1) is 0 Å². The first kappa shape index (κ1) is 7.72. The number of hydrogen-bond donors (Lipinski definition) is 1. The minimum absolute atomic E-state index is 0.469. The van der Waals surface area contributed by atoms with Crippen LogP contribution in [0.5, 0.6) is 0 Å². The Morgan fingerprint density at radius 1 is 1.73 bits per heavy atom. The molecule has 1 heterocycles. The standard InChI is InChI=1S/C8H9NO2/c1-6(8(10)11)7-3-2-4-9-5-7/h2-6H,1H3,(H,10,11)/t6-/m1/s1.